The highest BCUT2D eigenvalue weighted by atomic mass is 16.7. The maximum atomic E-state index is 11.7. The van der Waals surface area contributed by atoms with Gasteiger partial charge in [-0.1, -0.05) is 35.5 Å². The van der Waals surface area contributed by atoms with Crippen LogP contribution >= 0.6 is 0 Å². The zero-order valence-corrected chi connectivity index (χ0v) is 11.9. The molecule has 2 aromatic rings. The van der Waals surface area contributed by atoms with Crippen LogP contribution in [0.5, 0.6) is 5.75 Å². The van der Waals surface area contributed by atoms with Crippen molar-refractivity contribution >= 4 is 28.5 Å². The molecule has 0 amide bonds. The Morgan fingerprint density at radius 3 is 2.76 bits per heavy atom. The predicted molar refractivity (Wildman–Crippen MR) is 82.3 cm³/mol. The van der Waals surface area contributed by atoms with Gasteiger partial charge in [0.15, 0.2) is 0 Å². The fourth-order valence-corrected chi connectivity index (χ4v) is 2.37. The number of rotatable bonds is 3. The number of oxime groups is 1. The Morgan fingerprint density at radius 1 is 1.24 bits per heavy atom. The lowest BCUT2D eigenvalue weighted by Gasteiger charge is -2.11. The minimum atomic E-state index is -0.428. The first kappa shape index (κ1) is 13.4. The summed E-state index contributed by atoms with van der Waals surface area (Å²) in [6.45, 7) is 4.25. The molecule has 21 heavy (non-hydrogen) atoms. The lowest BCUT2D eigenvalue weighted by Crippen LogP contribution is -2.03. The second-order valence-electron chi connectivity index (χ2n) is 4.74. The van der Waals surface area contributed by atoms with E-state index in [1.165, 1.54) is 0 Å². The first-order valence-corrected chi connectivity index (χ1v) is 6.83. The topological polar surface area (TPSA) is 47.9 Å². The van der Waals surface area contributed by atoms with Crippen LogP contribution in [0.15, 0.2) is 47.1 Å². The molecule has 4 heteroatoms. The molecule has 0 saturated heterocycles. The van der Waals surface area contributed by atoms with Crippen LogP contribution in [-0.4, -0.2) is 18.3 Å². The van der Waals surface area contributed by atoms with E-state index < -0.39 is 5.97 Å². The summed E-state index contributed by atoms with van der Waals surface area (Å²) in [5.74, 6) is 0.319. The maximum absolute atomic E-state index is 11.7. The van der Waals surface area contributed by atoms with Crippen molar-refractivity contribution in [3.8, 4) is 5.75 Å². The van der Waals surface area contributed by atoms with E-state index in [1.54, 1.807) is 13.0 Å². The summed E-state index contributed by atoms with van der Waals surface area (Å²) in [6.07, 6.45) is 1.79. The minimum absolute atomic E-state index is 0.428. The van der Waals surface area contributed by atoms with Gasteiger partial charge < -0.3 is 9.57 Å². The van der Waals surface area contributed by atoms with Crippen LogP contribution in [0.25, 0.3) is 16.8 Å². The number of ether oxygens (including phenoxy) is 1. The molecule has 0 spiro atoms. The molecule has 1 aliphatic rings. The average Bonchev–Trinajstić information content (AvgIpc) is 2.81. The summed E-state index contributed by atoms with van der Waals surface area (Å²) in [4.78, 5) is 16.5. The lowest BCUT2D eigenvalue weighted by atomic mass is 10.00. The Bertz CT molecular complexity index is 775. The quantitative estimate of drug-likeness (QED) is 0.638. The zero-order valence-electron chi connectivity index (χ0n) is 11.9. The second kappa shape index (κ2) is 5.40. The highest BCUT2D eigenvalue weighted by Gasteiger charge is 2.23. The molecule has 0 N–H and O–H groups in total. The Kier molecular flexibility index (Phi) is 3.44. The first-order valence-electron chi connectivity index (χ1n) is 6.83. The standard InChI is InChI=1S/C17H15NO3/c1-3-20-16-9-8-12-6-4-5-7-13(12)15(16)10-14-11(2)18-21-17(14)19/h4-10H,3H2,1-2H3/b14-10+. The molecule has 2 aromatic carbocycles. The number of fused-ring (bicyclic) bond motifs is 1. The number of benzene rings is 2. The molecule has 1 heterocycles. The van der Waals surface area contributed by atoms with Crippen molar-refractivity contribution < 1.29 is 14.4 Å². The van der Waals surface area contributed by atoms with Crippen molar-refractivity contribution in [2.75, 3.05) is 6.61 Å². The monoisotopic (exact) mass is 281 g/mol. The van der Waals surface area contributed by atoms with Gasteiger partial charge in [0, 0.05) is 5.56 Å². The smallest absolute Gasteiger partial charge is 0.367 e. The first-order chi connectivity index (χ1) is 10.2. The van der Waals surface area contributed by atoms with E-state index in [-0.39, 0.29) is 0 Å². The normalized spacial score (nSPS) is 16.2. The van der Waals surface area contributed by atoms with E-state index in [0.717, 1.165) is 22.1 Å². The van der Waals surface area contributed by atoms with Crippen LogP contribution in [-0.2, 0) is 9.63 Å². The van der Waals surface area contributed by atoms with Gasteiger partial charge in [-0.2, -0.15) is 0 Å². The van der Waals surface area contributed by atoms with Gasteiger partial charge in [-0.15, -0.1) is 0 Å². The van der Waals surface area contributed by atoms with Crippen molar-refractivity contribution in [3.63, 3.8) is 0 Å². The highest BCUT2D eigenvalue weighted by Crippen LogP contribution is 2.31. The van der Waals surface area contributed by atoms with Crippen LogP contribution in [0.2, 0.25) is 0 Å². The fourth-order valence-electron chi connectivity index (χ4n) is 2.37. The number of hydrogen-bond acceptors (Lipinski definition) is 4. The molecule has 1 aliphatic heterocycles. The average molecular weight is 281 g/mol. The maximum Gasteiger partial charge on any atom is 0.367 e. The van der Waals surface area contributed by atoms with Crippen LogP contribution in [0.4, 0.5) is 0 Å². The van der Waals surface area contributed by atoms with E-state index in [4.69, 9.17) is 9.57 Å². The SMILES string of the molecule is CCOc1ccc2ccccc2c1/C=C1/C(=O)ON=C1C. The van der Waals surface area contributed by atoms with Gasteiger partial charge in [0.1, 0.15) is 5.75 Å². The summed E-state index contributed by atoms with van der Waals surface area (Å²) in [7, 11) is 0. The Hall–Kier alpha value is -2.62. The fraction of sp³-hybridized carbons (Fsp3) is 0.176. The van der Waals surface area contributed by atoms with Crippen molar-refractivity contribution in [1.82, 2.24) is 0 Å². The van der Waals surface area contributed by atoms with Gasteiger partial charge >= 0.3 is 5.97 Å². The van der Waals surface area contributed by atoms with Gasteiger partial charge in [-0.3, -0.25) is 0 Å². The minimum Gasteiger partial charge on any atom is -0.493 e. The van der Waals surface area contributed by atoms with Crippen LogP contribution < -0.4 is 4.74 Å². The van der Waals surface area contributed by atoms with E-state index in [1.807, 2.05) is 43.3 Å². The Labute approximate surface area is 122 Å². The van der Waals surface area contributed by atoms with Gasteiger partial charge in [-0.25, -0.2) is 4.79 Å². The predicted octanol–water partition coefficient (Wildman–Crippen LogP) is 3.55. The number of carbonyl (C=O) groups is 1. The van der Waals surface area contributed by atoms with Crippen LogP contribution in [0, 0.1) is 0 Å². The summed E-state index contributed by atoms with van der Waals surface area (Å²) < 4.78 is 5.69. The largest absolute Gasteiger partial charge is 0.493 e. The van der Waals surface area contributed by atoms with Crippen molar-refractivity contribution in [1.29, 1.82) is 0 Å². The molecule has 0 saturated carbocycles. The van der Waals surface area contributed by atoms with Crippen molar-refractivity contribution in [3.05, 3.63) is 47.5 Å². The molecule has 0 fully saturated rings. The summed E-state index contributed by atoms with van der Waals surface area (Å²) in [6, 6.07) is 11.9. The van der Waals surface area contributed by atoms with E-state index in [2.05, 4.69) is 5.16 Å². The van der Waals surface area contributed by atoms with Crippen LogP contribution in [0.3, 0.4) is 0 Å². The lowest BCUT2D eigenvalue weighted by molar-refractivity contribution is -0.136. The number of carbonyl (C=O) groups excluding carboxylic acids is 1. The molecule has 0 atom stereocenters. The van der Waals surface area contributed by atoms with Gasteiger partial charge in [0.2, 0.25) is 0 Å². The molecule has 0 radical (unpaired) electrons. The molecule has 4 nitrogen and oxygen atoms in total. The highest BCUT2D eigenvalue weighted by molar-refractivity contribution is 6.25. The second-order valence-corrected chi connectivity index (χ2v) is 4.74. The third-order valence-corrected chi connectivity index (χ3v) is 3.39. The molecule has 0 bridgehead atoms. The van der Waals surface area contributed by atoms with Crippen molar-refractivity contribution in [2.24, 2.45) is 5.16 Å². The van der Waals surface area contributed by atoms with Crippen LogP contribution in [0.1, 0.15) is 19.4 Å². The van der Waals surface area contributed by atoms with E-state index >= 15 is 0 Å². The molecule has 106 valence electrons. The summed E-state index contributed by atoms with van der Waals surface area (Å²) >= 11 is 0. The molecule has 3 rings (SSSR count). The molecule has 0 aromatic heterocycles. The van der Waals surface area contributed by atoms with Crippen molar-refractivity contribution in [2.45, 2.75) is 13.8 Å². The molecular weight excluding hydrogens is 266 g/mol. The number of hydrogen-bond donors (Lipinski definition) is 0. The summed E-state index contributed by atoms with van der Waals surface area (Å²) in [5, 5.41) is 5.83. The molecule has 0 unspecified atom stereocenters. The van der Waals surface area contributed by atoms with E-state index in [9.17, 15) is 4.79 Å². The van der Waals surface area contributed by atoms with Gasteiger partial charge in [-0.05, 0) is 36.8 Å². The third-order valence-electron chi connectivity index (χ3n) is 3.39. The van der Waals surface area contributed by atoms with E-state index in [0.29, 0.717) is 17.9 Å². The number of nitrogens with zero attached hydrogens (tertiary/aromatic N) is 1. The third kappa shape index (κ3) is 2.40. The zero-order chi connectivity index (χ0) is 14.8. The van der Waals surface area contributed by atoms with Gasteiger partial charge in [0.25, 0.3) is 0 Å². The summed E-state index contributed by atoms with van der Waals surface area (Å²) in [5.41, 5.74) is 1.92. The van der Waals surface area contributed by atoms with Gasteiger partial charge in [0.05, 0.1) is 17.9 Å². The Balaban J connectivity index is 2.24. The Morgan fingerprint density at radius 2 is 2.05 bits per heavy atom. The molecule has 0 aliphatic carbocycles. The molecular formula is C17H15NO3.